The first-order valence-electron chi connectivity index (χ1n) is 7.16. The Kier molecular flexibility index (Phi) is 6.73. The first-order chi connectivity index (χ1) is 9.47. The molecule has 0 saturated heterocycles. The molecule has 3 heteroatoms. The number of hydrogen-bond acceptors (Lipinski definition) is 3. The molecule has 20 heavy (non-hydrogen) atoms. The molecule has 112 valence electrons. The highest BCUT2D eigenvalue weighted by Gasteiger charge is 2.22. The number of ether oxygens (including phenoxy) is 2. The van der Waals surface area contributed by atoms with E-state index in [0.717, 1.165) is 6.42 Å². The predicted molar refractivity (Wildman–Crippen MR) is 80.8 cm³/mol. The SMILES string of the molecule is COC(=O)C[C@H](OC)[C@@H](C)c1ccc(CC(C)C)cc1. The van der Waals surface area contributed by atoms with Crippen molar-refractivity contribution in [1.82, 2.24) is 0 Å². The van der Waals surface area contributed by atoms with Crippen LogP contribution in [0.3, 0.4) is 0 Å². The van der Waals surface area contributed by atoms with Crippen LogP contribution >= 0.6 is 0 Å². The van der Waals surface area contributed by atoms with E-state index in [1.807, 2.05) is 0 Å². The lowest BCUT2D eigenvalue weighted by molar-refractivity contribution is -0.143. The summed E-state index contributed by atoms with van der Waals surface area (Å²) >= 11 is 0. The third-order valence-corrected chi connectivity index (χ3v) is 3.61. The van der Waals surface area contributed by atoms with Crippen molar-refractivity contribution in [3.63, 3.8) is 0 Å². The molecule has 0 spiro atoms. The molecule has 2 atom stereocenters. The highest BCUT2D eigenvalue weighted by Crippen LogP contribution is 2.24. The van der Waals surface area contributed by atoms with Crippen LogP contribution in [0.1, 0.15) is 44.2 Å². The van der Waals surface area contributed by atoms with Crippen LogP contribution in [0.15, 0.2) is 24.3 Å². The maximum absolute atomic E-state index is 11.4. The van der Waals surface area contributed by atoms with E-state index in [-0.39, 0.29) is 24.4 Å². The molecule has 0 aliphatic heterocycles. The minimum absolute atomic E-state index is 0.154. The van der Waals surface area contributed by atoms with Gasteiger partial charge in [0, 0.05) is 13.0 Å². The molecule has 0 saturated carbocycles. The van der Waals surface area contributed by atoms with E-state index >= 15 is 0 Å². The van der Waals surface area contributed by atoms with Crippen LogP contribution < -0.4 is 0 Å². The number of carbonyl (C=O) groups excluding carboxylic acids is 1. The average molecular weight is 278 g/mol. The predicted octanol–water partition coefficient (Wildman–Crippen LogP) is 3.57. The number of carbonyl (C=O) groups is 1. The lowest BCUT2D eigenvalue weighted by Gasteiger charge is -2.22. The number of esters is 1. The summed E-state index contributed by atoms with van der Waals surface area (Å²) in [6.45, 7) is 6.51. The van der Waals surface area contributed by atoms with Gasteiger partial charge < -0.3 is 9.47 Å². The quantitative estimate of drug-likeness (QED) is 0.715. The minimum Gasteiger partial charge on any atom is -0.469 e. The van der Waals surface area contributed by atoms with Crippen molar-refractivity contribution in [3.05, 3.63) is 35.4 Å². The van der Waals surface area contributed by atoms with Gasteiger partial charge in [-0.3, -0.25) is 4.79 Å². The second-order valence-electron chi connectivity index (χ2n) is 5.68. The number of methoxy groups -OCH3 is 2. The third-order valence-electron chi connectivity index (χ3n) is 3.61. The molecule has 1 aromatic rings. The molecule has 3 nitrogen and oxygen atoms in total. The van der Waals surface area contributed by atoms with E-state index in [1.54, 1.807) is 7.11 Å². The van der Waals surface area contributed by atoms with Gasteiger partial charge in [0.2, 0.25) is 0 Å². The van der Waals surface area contributed by atoms with Gasteiger partial charge in [-0.2, -0.15) is 0 Å². The molecule has 0 N–H and O–H groups in total. The summed E-state index contributed by atoms with van der Waals surface area (Å²) in [4.78, 5) is 11.4. The van der Waals surface area contributed by atoms with Gasteiger partial charge in [0.1, 0.15) is 0 Å². The molecular formula is C17H26O3. The van der Waals surface area contributed by atoms with Gasteiger partial charge in [0.05, 0.1) is 19.6 Å². The Bertz CT molecular complexity index is 409. The van der Waals surface area contributed by atoms with Crippen LogP contribution in [0.25, 0.3) is 0 Å². The standard InChI is InChI=1S/C17H26O3/c1-12(2)10-14-6-8-15(9-7-14)13(3)16(19-4)11-17(18)20-5/h6-9,12-13,16H,10-11H2,1-5H3/t13-,16-/m0/s1. The van der Waals surface area contributed by atoms with Crippen LogP contribution in [0.5, 0.6) is 0 Å². The summed E-state index contributed by atoms with van der Waals surface area (Å²) in [7, 11) is 3.04. The molecule has 0 amide bonds. The van der Waals surface area contributed by atoms with E-state index in [1.165, 1.54) is 18.2 Å². The molecule has 0 aliphatic rings. The Morgan fingerprint density at radius 3 is 2.15 bits per heavy atom. The largest absolute Gasteiger partial charge is 0.469 e. The first kappa shape index (κ1) is 16.7. The summed E-state index contributed by atoms with van der Waals surface area (Å²) in [5.74, 6) is 0.580. The lowest BCUT2D eigenvalue weighted by Crippen LogP contribution is -2.23. The summed E-state index contributed by atoms with van der Waals surface area (Å²) in [5, 5.41) is 0. The lowest BCUT2D eigenvalue weighted by atomic mass is 9.91. The monoisotopic (exact) mass is 278 g/mol. The first-order valence-corrected chi connectivity index (χ1v) is 7.16. The van der Waals surface area contributed by atoms with Gasteiger partial charge in [-0.1, -0.05) is 45.0 Å². The van der Waals surface area contributed by atoms with Crippen LogP contribution in [-0.2, 0) is 20.7 Å². The second-order valence-corrected chi connectivity index (χ2v) is 5.68. The van der Waals surface area contributed by atoms with Gasteiger partial charge in [0.25, 0.3) is 0 Å². The van der Waals surface area contributed by atoms with Crippen molar-refractivity contribution in [2.75, 3.05) is 14.2 Å². The van der Waals surface area contributed by atoms with Crippen molar-refractivity contribution in [3.8, 4) is 0 Å². The van der Waals surface area contributed by atoms with Gasteiger partial charge >= 0.3 is 5.97 Å². The highest BCUT2D eigenvalue weighted by molar-refractivity contribution is 5.69. The molecule has 0 bridgehead atoms. The Labute approximate surface area is 122 Å². The van der Waals surface area contributed by atoms with Crippen molar-refractivity contribution in [2.24, 2.45) is 5.92 Å². The summed E-state index contributed by atoms with van der Waals surface area (Å²) in [6, 6.07) is 8.59. The van der Waals surface area contributed by atoms with Crippen LogP contribution in [-0.4, -0.2) is 26.3 Å². The Morgan fingerprint density at radius 2 is 1.70 bits per heavy atom. The fourth-order valence-electron chi connectivity index (χ4n) is 2.36. The summed E-state index contributed by atoms with van der Waals surface area (Å²) < 4.78 is 10.1. The normalized spacial score (nSPS) is 14.1. The topological polar surface area (TPSA) is 35.5 Å². The van der Waals surface area contributed by atoms with Crippen molar-refractivity contribution in [2.45, 2.75) is 45.6 Å². The summed E-state index contributed by atoms with van der Waals surface area (Å²) in [6.07, 6.45) is 1.21. The van der Waals surface area contributed by atoms with Crippen molar-refractivity contribution < 1.29 is 14.3 Å². The summed E-state index contributed by atoms with van der Waals surface area (Å²) in [5.41, 5.74) is 2.53. The van der Waals surface area contributed by atoms with E-state index in [0.29, 0.717) is 5.92 Å². The Hall–Kier alpha value is -1.35. The fraction of sp³-hybridized carbons (Fsp3) is 0.588. The van der Waals surface area contributed by atoms with Crippen LogP contribution in [0.4, 0.5) is 0 Å². The maximum atomic E-state index is 11.4. The van der Waals surface area contributed by atoms with E-state index in [4.69, 9.17) is 9.47 Å². The van der Waals surface area contributed by atoms with Gasteiger partial charge in [-0.15, -0.1) is 0 Å². The van der Waals surface area contributed by atoms with Crippen LogP contribution in [0, 0.1) is 5.92 Å². The molecule has 0 heterocycles. The molecule has 0 aliphatic carbocycles. The van der Waals surface area contributed by atoms with E-state index in [2.05, 4.69) is 45.0 Å². The van der Waals surface area contributed by atoms with Crippen molar-refractivity contribution in [1.29, 1.82) is 0 Å². The second kappa shape index (κ2) is 8.05. The minimum atomic E-state index is -0.236. The zero-order valence-electron chi connectivity index (χ0n) is 13.2. The van der Waals surface area contributed by atoms with Gasteiger partial charge in [0.15, 0.2) is 0 Å². The molecule has 1 aromatic carbocycles. The smallest absolute Gasteiger partial charge is 0.308 e. The number of hydrogen-bond donors (Lipinski definition) is 0. The zero-order valence-corrected chi connectivity index (χ0v) is 13.2. The Balaban J connectivity index is 2.74. The highest BCUT2D eigenvalue weighted by atomic mass is 16.5. The zero-order chi connectivity index (χ0) is 15.1. The van der Waals surface area contributed by atoms with Crippen molar-refractivity contribution >= 4 is 5.97 Å². The molecule has 0 aromatic heterocycles. The third kappa shape index (κ3) is 4.97. The van der Waals surface area contributed by atoms with E-state index in [9.17, 15) is 4.79 Å². The number of rotatable bonds is 7. The maximum Gasteiger partial charge on any atom is 0.308 e. The Morgan fingerprint density at radius 1 is 1.10 bits per heavy atom. The fourth-order valence-corrected chi connectivity index (χ4v) is 2.36. The van der Waals surface area contributed by atoms with E-state index < -0.39 is 0 Å². The van der Waals surface area contributed by atoms with Crippen LogP contribution in [0.2, 0.25) is 0 Å². The molecular weight excluding hydrogens is 252 g/mol. The van der Waals surface area contributed by atoms with Gasteiger partial charge in [-0.25, -0.2) is 0 Å². The van der Waals surface area contributed by atoms with Gasteiger partial charge in [-0.05, 0) is 23.5 Å². The molecule has 0 fully saturated rings. The molecule has 0 radical (unpaired) electrons. The average Bonchev–Trinajstić information content (AvgIpc) is 2.44. The molecule has 1 rings (SSSR count). The number of benzene rings is 1. The molecule has 0 unspecified atom stereocenters.